The summed E-state index contributed by atoms with van der Waals surface area (Å²) >= 11 is 0. The Morgan fingerprint density at radius 1 is 0.741 bits per heavy atom. The van der Waals surface area contributed by atoms with Crippen LogP contribution in [0.5, 0.6) is 0 Å². The monoisotopic (exact) mass is 390 g/mol. The van der Waals surface area contributed by atoms with Crippen LogP contribution in [-0.2, 0) is 14.3 Å². The maximum Gasteiger partial charge on any atom is 0.305 e. The molecule has 0 radical (unpaired) electrons. The molecule has 0 fully saturated rings. The van der Waals surface area contributed by atoms with Gasteiger partial charge in [-0.1, -0.05) is 53.4 Å². The zero-order chi connectivity index (χ0) is 20.8. The Labute approximate surface area is 169 Å². The van der Waals surface area contributed by atoms with Gasteiger partial charge in [-0.15, -0.1) is 0 Å². The Kier molecular flexibility index (Phi) is 22.9. The zero-order valence-electron chi connectivity index (χ0n) is 18.9. The zero-order valence-corrected chi connectivity index (χ0v) is 18.9. The number of carbonyl (C=O) groups is 1. The molecular formula is C22H48NO4+. The topological polar surface area (TPSA) is 55.8 Å². The Bertz CT molecular complexity index is 273. The van der Waals surface area contributed by atoms with Crippen LogP contribution in [0.25, 0.3) is 0 Å². The van der Waals surface area contributed by atoms with Crippen molar-refractivity contribution in [3.8, 4) is 0 Å². The average molecular weight is 391 g/mol. The van der Waals surface area contributed by atoms with Crippen LogP contribution < -0.4 is 0 Å². The largest absolute Gasteiger partial charge is 0.481 e. The van der Waals surface area contributed by atoms with Crippen LogP contribution in [0, 0.1) is 0 Å². The molecule has 1 N–H and O–H groups in total. The minimum atomic E-state index is -0.836. The molecule has 0 heterocycles. The van der Waals surface area contributed by atoms with Gasteiger partial charge in [0.2, 0.25) is 0 Å². The van der Waals surface area contributed by atoms with Gasteiger partial charge in [0, 0.05) is 7.11 Å². The van der Waals surface area contributed by atoms with Gasteiger partial charge in [-0.2, -0.15) is 0 Å². The highest BCUT2D eigenvalue weighted by Gasteiger charge is 2.24. The first-order valence-corrected chi connectivity index (χ1v) is 11.1. The number of quaternary nitrogens is 1. The third-order valence-electron chi connectivity index (χ3n) is 4.84. The fraction of sp³-hybridized carbons (Fsp3) is 0.955. The van der Waals surface area contributed by atoms with E-state index in [1.54, 1.807) is 7.11 Å². The van der Waals surface area contributed by atoms with Crippen molar-refractivity contribution in [2.75, 3.05) is 53.1 Å². The van der Waals surface area contributed by atoms with Gasteiger partial charge in [0.05, 0.1) is 52.4 Å². The number of hydrogen-bond acceptors (Lipinski definition) is 3. The fourth-order valence-corrected chi connectivity index (χ4v) is 3.05. The maximum atomic E-state index is 9.92. The van der Waals surface area contributed by atoms with Crippen LogP contribution in [-0.4, -0.2) is 68.7 Å². The number of aliphatic carboxylic acids is 1. The first-order chi connectivity index (χ1) is 13.0. The van der Waals surface area contributed by atoms with E-state index in [9.17, 15) is 4.79 Å². The molecule has 0 bridgehead atoms. The van der Waals surface area contributed by atoms with E-state index >= 15 is 0 Å². The molecule has 0 rings (SSSR count). The Hall–Kier alpha value is -0.650. The van der Waals surface area contributed by atoms with Crippen LogP contribution in [0.4, 0.5) is 0 Å². The van der Waals surface area contributed by atoms with Crippen molar-refractivity contribution in [1.29, 1.82) is 0 Å². The summed E-state index contributed by atoms with van der Waals surface area (Å²) in [5.41, 5.74) is 0. The normalized spacial score (nSPS) is 11.1. The Morgan fingerprint density at radius 3 is 1.44 bits per heavy atom. The summed E-state index contributed by atoms with van der Waals surface area (Å²) in [6.45, 7) is 16.3. The van der Waals surface area contributed by atoms with E-state index in [-0.39, 0.29) is 13.0 Å². The Balaban J connectivity index is 0. The fourth-order valence-electron chi connectivity index (χ4n) is 3.05. The van der Waals surface area contributed by atoms with Crippen LogP contribution in [0.2, 0.25) is 0 Å². The molecule has 164 valence electrons. The minimum absolute atomic E-state index is 0.0592. The van der Waals surface area contributed by atoms with Crippen molar-refractivity contribution in [3.05, 3.63) is 0 Å². The molecule has 5 heteroatoms. The van der Waals surface area contributed by atoms with Gasteiger partial charge in [0.1, 0.15) is 0 Å². The number of carboxylic acids is 1. The lowest BCUT2D eigenvalue weighted by atomic mass is 10.1. The summed E-state index contributed by atoms with van der Waals surface area (Å²) in [7, 11) is 1.57. The summed E-state index contributed by atoms with van der Waals surface area (Å²) in [6, 6.07) is 0. The van der Waals surface area contributed by atoms with Gasteiger partial charge in [-0.05, 0) is 25.7 Å². The highest BCUT2D eigenvalue weighted by molar-refractivity contribution is 5.66. The molecule has 27 heavy (non-hydrogen) atoms. The van der Waals surface area contributed by atoms with Crippen LogP contribution in [0.3, 0.4) is 0 Å². The summed E-state index contributed by atoms with van der Waals surface area (Å²) in [5, 5.41) is 8.16. The van der Waals surface area contributed by atoms with E-state index in [0.717, 1.165) is 0 Å². The standard InChI is InChI=1S/C16H36N.C6H12O4/c1-5-9-13-17(14-10-6-2,15-11-7-3)16-12-8-4;1-9-4-5-10-3-2-6(7)8/h5-16H2,1-4H3;2-5H2,1H3,(H,7,8)/q+1;. The summed E-state index contributed by atoms with van der Waals surface area (Å²) in [4.78, 5) is 9.92. The lowest BCUT2D eigenvalue weighted by molar-refractivity contribution is -0.929. The SMILES string of the molecule is CCCC[N+](CCCC)(CCCC)CCCC.COCCOCCC(=O)O. The van der Waals surface area contributed by atoms with Crippen molar-refractivity contribution in [2.45, 2.75) is 85.5 Å². The summed E-state index contributed by atoms with van der Waals surface area (Å²) in [6.07, 6.45) is 11.1. The lowest BCUT2D eigenvalue weighted by Crippen LogP contribution is -2.50. The minimum Gasteiger partial charge on any atom is -0.481 e. The number of hydrogen-bond donors (Lipinski definition) is 1. The quantitative estimate of drug-likeness (QED) is 0.260. The van der Waals surface area contributed by atoms with Crippen molar-refractivity contribution < 1.29 is 23.9 Å². The molecule has 0 unspecified atom stereocenters. The number of nitrogens with zero attached hydrogens (tertiary/aromatic N) is 1. The van der Waals surface area contributed by atoms with Gasteiger partial charge in [-0.3, -0.25) is 4.79 Å². The van der Waals surface area contributed by atoms with Crippen molar-refractivity contribution in [1.82, 2.24) is 0 Å². The number of carboxylic acid groups (broad SMARTS) is 1. The third kappa shape index (κ3) is 19.9. The highest BCUT2D eigenvalue weighted by Crippen LogP contribution is 2.16. The van der Waals surface area contributed by atoms with E-state index in [1.165, 1.54) is 82.0 Å². The van der Waals surface area contributed by atoms with E-state index in [0.29, 0.717) is 13.2 Å². The number of ether oxygens (including phenoxy) is 2. The second-order valence-electron chi connectivity index (χ2n) is 7.40. The average Bonchev–Trinajstić information content (AvgIpc) is 2.67. The van der Waals surface area contributed by atoms with Gasteiger partial charge >= 0.3 is 5.97 Å². The van der Waals surface area contributed by atoms with Crippen molar-refractivity contribution in [3.63, 3.8) is 0 Å². The predicted molar refractivity (Wildman–Crippen MR) is 114 cm³/mol. The van der Waals surface area contributed by atoms with Crippen molar-refractivity contribution in [2.24, 2.45) is 0 Å². The van der Waals surface area contributed by atoms with E-state index < -0.39 is 5.97 Å². The molecule has 0 aromatic carbocycles. The lowest BCUT2D eigenvalue weighted by Gasteiger charge is -2.39. The predicted octanol–water partition coefficient (Wildman–Crippen LogP) is 5.13. The molecule has 0 spiro atoms. The van der Waals surface area contributed by atoms with Crippen molar-refractivity contribution >= 4 is 5.97 Å². The molecule has 0 aromatic rings. The summed E-state index contributed by atoms with van der Waals surface area (Å²) in [5.74, 6) is -0.836. The van der Waals surface area contributed by atoms with Gasteiger partial charge in [-0.25, -0.2) is 0 Å². The molecule has 0 amide bonds. The van der Waals surface area contributed by atoms with Gasteiger partial charge in [0.15, 0.2) is 0 Å². The summed E-state index contributed by atoms with van der Waals surface area (Å²) < 4.78 is 11.0. The van der Waals surface area contributed by atoms with Crippen LogP contribution in [0.15, 0.2) is 0 Å². The first-order valence-electron chi connectivity index (χ1n) is 11.1. The third-order valence-corrected chi connectivity index (χ3v) is 4.84. The molecule has 0 atom stereocenters. The molecule has 5 nitrogen and oxygen atoms in total. The first kappa shape index (κ1) is 28.6. The van der Waals surface area contributed by atoms with Gasteiger partial charge < -0.3 is 19.1 Å². The van der Waals surface area contributed by atoms with E-state index in [2.05, 4.69) is 32.4 Å². The molecule has 0 aliphatic carbocycles. The smallest absolute Gasteiger partial charge is 0.305 e. The molecule has 0 saturated carbocycles. The van der Waals surface area contributed by atoms with Gasteiger partial charge in [0.25, 0.3) is 0 Å². The molecular weight excluding hydrogens is 342 g/mol. The maximum absolute atomic E-state index is 9.92. The van der Waals surface area contributed by atoms with Crippen LogP contribution in [0.1, 0.15) is 85.5 Å². The molecule has 0 aromatic heterocycles. The number of rotatable bonds is 18. The number of methoxy groups -OCH3 is 1. The Morgan fingerprint density at radius 2 is 1.15 bits per heavy atom. The molecule has 0 saturated heterocycles. The van der Waals surface area contributed by atoms with E-state index in [1.807, 2.05) is 0 Å². The highest BCUT2D eigenvalue weighted by atomic mass is 16.5. The second-order valence-corrected chi connectivity index (χ2v) is 7.40. The van der Waals surface area contributed by atoms with E-state index in [4.69, 9.17) is 9.84 Å². The molecule has 0 aliphatic rings. The van der Waals surface area contributed by atoms with Crippen LogP contribution >= 0.6 is 0 Å². The second kappa shape index (κ2) is 21.6. The number of unbranched alkanes of at least 4 members (excludes halogenated alkanes) is 4. The molecule has 0 aliphatic heterocycles.